The lowest BCUT2D eigenvalue weighted by atomic mass is 10.1. The van der Waals surface area contributed by atoms with E-state index in [1.165, 1.54) is 6.07 Å². The molecule has 2 N–H and O–H groups in total. The predicted octanol–water partition coefficient (Wildman–Crippen LogP) is 1.77. The molecule has 1 heterocycles. The van der Waals surface area contributed by atoms with Crippen molar-refractivity contribution < 1.29 is 18.1 Å². The first-order chi connectivity index (χ1) is 10.7. The van der Waals surface area contributed by atoms with Crippen molar-refractivity contribution in [1.82, 2.24) is 5.32 Å². The minimum atomic E-state index is -2.98. The van der Waals surface area contributed by atoms with E-state index in [0.29, 0.717) is 23.2 Å². The summed E-state index contributed by atoms with van der Waals surface area (Å²) < 4.78 is 22.8. The van der Waals surface area contributed by atoms with E-state index in [1.54, 1.807) is 19.9 Å². The summed E-state index contributed by atoms with van der Waals surface area (Å²) >= 11 is 0. The van der Waals surface area contributed by atoms with Gasteiger partial charge in [0.05, 0.1) is 27.7 Å². The summed E-state index contributed by atoms with van der Waals surface area (Å²) in [5, 5.41) is 16.2. The monoisotopic (exact) mass is 341 g/mol. The van der Waals surface area contributed by atoms with Gasteiger partial charge in [-0.2, -0.15) is 0 Å². The predicted molar refractivity (Wildman–Crippen MR) is 86.4 cm³/mol. The topological polar surface area (TPSA) is 118 Å². The number of hydrogen-bond acceptors (Lipinski definition) is 5. The zero-order valence-corrected chi connectivity index (χ0v) is 13.8. The number of rotatable bonds is 4. The lowest BCUT2D eigenvalue weighted by Gasteiger charge is -2.14. The first-order valence-corrected chi connectivity index (χ1v) is 9.01. The molecule has 0 spiro atoms. The quantitative estimate of drug-likeness (QED) is 0.639. The Morgan fingerprint density at radius 1 is 1.39 bits per heavy atom. The van der Waals surface area contributed by atoms with E-state index in [0.717, 1.165) is 0 Å². The molecule has 0 aromatic heterocycles. The summed E-state index contributed by atoms with van der Waals surface area (Å²) in [6.45, 7) is 3.58. The number of nitrogens with one attached hydrogen (secondary N) is 2. The Morgan fingerprint density at radius 3 is 2.65 bits per heavy atom. The molecule has 8 nitrogen and oxygen atoms in total. The van der Waals surface area contributed by atoms with Crippen LogP contribution >= 0.6 is 0 Å². The van der Waals surface area contributed by atoms with Gasteiger partial charge in [0.1, 0.15) is 0 Å². The van der Waals surface area contributed by atoms with Gasteiger partial charge >= 0.3 is 6.03 Å². The van der Waals surface area contributed by atoms with Crippen LogP contribution in [0.4, 0.5) is 16.2 Å². The van der Waals surface area contributed by atoms with Gasteiger partial charge in [-0.25, -0.2) is 13.2 Å². The molecule has 2 rings (SSSR count). The molecule has 1 fully saturated rings. The van der Waals surface area contributed by atoms with Gasteiger partial charge in [-0.15, -0.1) is 0 Å². The summed E-state index contributed by atoms with van der Waals surface area (Å²) in [5.74, 6) is 0.157. The van der Waals surface area contributed by atoms with Crippen molar-refractivity contribution in [2.24, 2.45) is 5.92 Å². The third-order valence-corrected chi connectivity index (χ3v) is 5.79. The number of anilines is 1. The average Bonchev–Trinajstić information content (AvgIpc) is 2.80. The number of sulfone groups is 1. The molecular weight excluding hydrogens is 322 g/mol. The summed E-state index contributed by atoms with van der Waals surface area (Å²) in [6, 6.07) is 2.47. The van der Waals surface area contributed by atoms with E-state index >= 15 is 0 Å². The molecule has 1 aromatic carbocycles. The lowest BCUT2D eigenvalue weighted by molar-refractivity contribution is -0.385. The van der Waals surface area contributed by atoms with Crippen molar-refractivity contribution in [2.75, 3.05) is 23.4 Å². The van der Waals surface area contributed by atoms with Crippen molar-refractivity contribution >= 4 is 27.2 Å². The molecule has 0 aliphatic carbocycles. The number of amides is 2. The second-order valence-corrected chi connectivity index (χ2v) is 7.99. The highest BCUT2D eigenvalue weighted by molar-refractivity contribution is 7.91. The average molecular weight is 341 g/mol. The number of nitrogens with zero attached hydrogens (tertiary/aromatic N) is 1. The number of nitro groups is 1. The fourth-order valence-corrected chi connectivity index (χ4v) is 4.52. The molecule has 0 bridgehead atoms. The summed E-state index contributed by atoms with van der Waals surface area (Å²) in [6.07, 6.45) is 0.539. The second kappa shape index (κ2) is 6.53. The normalized spacial score (nSPS) is 19.3. The number of hydrogen-bond donors (Lipinski definition) is 2. The molecule has 1 aromatic rings. The fourth-order valence-electron chi connectivity index (χ4n) is 2.65. The number of nitro benzene ring substituents is 1. The summed E-state index contributed by atoms with van der Waals surface area (Å²) in [4.78, 5) is 22.4. The van der Waals surface area contributed by atoms with Gasteiger partial charge in [0.25, 0.3) is 5.69 Å². The highest BCUT2D eigenvalue weighted by Crippen LogP contribution is 2.28. The Balaban J connectivity index is 2.01. The summed E-state index contributed by atoms with van der Waals surface area (Å²) in [5.41, 5.74) is 1.43. The van der Waals surface area contributed by atoms with Crippen LogP contribution in [0, 0.1) is 29.9 Å². The molecule has 1 saturated heterocycles. The zero-order valence-electron chi connectivity index (χ0n) is 13.0. The molecule has 9 heteroatoms. The van der Waals surface area contributed by atoms with Crippen LogP contribution in [0.5, 0.6) is 0 Å². The Bertz CT molecular complexity index is 745. The van der Waals surface area contributed by atoms with E-state index in [9.17, 15) is 23.3 Å². The maximum atomic E-state index is 12.0. The number of carbonyl (C=O) groups excluding carboxylic acids is 1. The maximum absolute atomic E-state index is 12.0. The van der Waals surface area contributed by atoms with Crippen LogP contribution in [0.25, 0.3) is 0 Å². The van der Waals surface area contributed by atoms with Gasteiger partial charge in [-0.1, -0.05) is 6.07 Å². The Labute approximate surface area is 134 Å². The third-order valence-electron chi connectivity index (χ3n) is 3.96. The number of carbonyl (C=O) groups is 1. The molecule has 0 unspecified atom stereocenters. The standard InChI is InChI=1S/C14H19N3O5S/c1-9-3-4-12(17(19)20)10(2)13(9)16-14(18)15-7-11-5-6-23(21,22)8-11/h3-4,11H,5-8H2,1-2H3,(H2,15,16,18)/t11-/m0/s1. The number of urea groups is 1. The van der Waals surface area contributed by atoms with Gasteiger partial charge in [-0.3, -0.25) is 10.1 Å². The molecule has 2 amide bonds. The van der Waals surface area contributed by atoms with Crippen molar-refractivity contribution in [2.45, 2.75) is 20.3 Å². The first kappa shape index (κ1) is 17.2. The molecule has 23 heavy (non-hydrogen) atoms. The van der Waals surface area contributed by atoms with Crippen LogP contribution in [0.1, 0.15) is 17.5 Å². The van der Waals surface area contributed by atoms with E-state index in [4.69, 9.17) is 0 Å². The number of benzene rings is 1. The highest BCUT2D eigenvalue weighted by Gasteiger charge is 2.28. The number of aryl methyl sites for hydroxylation is 1. The van der Waals surface area contributed by atoms with E-state index in [1.807, 2.05) is 0 Å². The zero-order chi connectivity index (χ0) is 17.2. The lowest BCUT2D eigenvalue weighted by Crippen LogP contribution is -2.33. The van der Waals surface area contributed by atoms with Crippen molar-refractivity contribution in [3.8, 4) is 0 Å². The van der Waals surface area contributed by atoms with E-state index in [-0.39, 0.29) is 29.7 Å². The first-order valence-electron chi connectivity index (χ1n) is 7.19. The van der Waals surface area contributed by atoms with Crippen molar-refractivity contribution in [1.29, 1.82) is 0 Å². The Kier molecular flexibility index (Phi) is 4.88. The van der Waals surface area contributed by atoms with Gasteiger partial charge < -0.3 is 10.6 Å². The minimum absolute atomic E-state index is 0.0622. The largest absolute Gasteiger partial charge is 0.338 e. The van der Waals surface area contributed by atoms with E-state index < -0.39 is 20.8 Å². The second-order valence-electron chi connectivity index (χ2n) is 5.76. The molecule has 1 aliphatic heterocycles. The van der Waals surface area contributed by atoms with Crippen LogP contribution < -0.4 is 10.6 Å². The van der Waals surface area contributed by atoms with Crippen LogP contribution in [-0.4, -0.2) is 37.4 Å². The van der Waals surface area contributed by atoms with Gasteiger partial charge in [0.2, 0.25) is 0 Å². The van der Waals surface area contributed by atoms with Crippen molar-refractivity contribution in [3.63, 3.8) is 0 Å². The Hall–Kier alpha value is -2.16. The molecule has 126 valence electrons. The minimum Gasteiger partial charge on any atom is -0.338 e. The van der Waals surface area contributed by atoms with Gasteiger partial charge in [-0.05, 0) is 31.7 Å². The third kappa shape index (κ3) is 4.19. The Morgan fingerprint density at radius 2 is 2.09 bits per heavy atom. The van der Waals surface area contributed by atoms with Crippen LogP contribution in [0.15, 0.2) is 12.1 Å². The molecule has 1 atom stereocenters. The molecule has 0 radical (unpaired) electrons. The van der Waals surface area contributed by atoms with Crippen molar-refractivity contribution in [3.05, 3.63) is 33.4 Å². The van der Waals surface area contributed by atoms with Gasteiger partial charge in [0.15, 0.2) is 9.84 Å². The maximum Gasteiger partial charge on any atom is 0.319 e. The fraction of sp³-hybridized carbons (Fsp3) is 0.500. The van der Waals surface area contributed by atoms with Crippen LogP contribution in [0.3, 0.4) is 0 Å². The highest BCUT2D eigenvalue weighted by atomic mass is 32.2. The van der Waals surface area contributed by atoms with Crippen LogP contribution in [0.2, 0.25) is 0 Å². The SMILES string of the molecule is Cc1ccc([N+](=O)[O-])c(C)c1NC(=O)NC[C@@H]1CCS(=O)(=O)C1. The molecular formula is C14H19N3O5S. The van der Waals surface area contributed by atoms with Crippen LogP contribution in [-0.2, 0) is 9.84 Å². The summed E-state index contributed by atoms with van der Waals surface area (Å²) in [7, 11) is -2.98. The smallest absolute Gasteiger partial charge is 0.319 e. The van der Waals surface area contributed by atoms with E-state index in [2.05, 4.69) is 10.6 Å². The molecule has 1 aliphatic rings. The molecule has 0 saturated carbocycles. The van der Waals surface area contributed by atoms with Gasteiger partial charge in [0, 0.05) is 12.6 Å².